The number of hydrogen-bond acceptors (Lipinski definition) is 5. The van der Waals surface area contributed by atoms with Crippen molar-refractivity contribution in [3.8, 4) is 0 Å². The van der Waals surface area contributed by atoms with Crippen molar-refractivity contribution in [1.82, 2.24) is 20.8 Å². The van der Waals surface area contributed by atoms with Crippen LogP contribution >= 0.6 is 0 Å². The Kier molecular flexibility index (Phi) is 6.27. The maximum atomic E-state index is 14.2. The number of anilines is 2. The van der Waals surface area contributed by atoms with Crippen LogP contribution in [0, 0.1) is 5.82 Å². The highest BCUT2D eigenvalue weighted by molar-refractivity contribution is 6.08. The van der Waals surface area contributed by atoms with Gasteiger partial charge < -0.3 is 20.9 Å². The van der Waals surface area contributed by atoms with Gasteiger partial charge in [-0.1, -0.05) is 19.3 Å². The van der Waals surface area contributed by atoms with Crippen LogP contribution < -0.4 is 20.9 Å². The third-order valence-electron chi connectivity index (χ3n) is 5.68. The third kappa shape index (κ3) is 4.79. The second-order valence-corrected chi connectivity index (χ2v) is 7.86. The topological polar surface area (TPSA) is 102 Å². The molecule has 0 radical (unpaired) electrons. The molecule has 160 valence electrons. The predicted molar refractivity (Wildman–Crippen MR) is 112 cm³/mol. The number of aromatic nitrogens is 2. The average molecular weight is 414 g/mol. The average Bonchev–Trinajstić information content (AvgIpc) is 3.23. The number of aromatic amines is 1. The first-order valence-electron chi connectivity index (χ1n) is 10.5. The predicted octanol–water partition coefficient (Wildman–Crippen LogP) is 2.27. The van der Waals surface area contributed by atoms with Crippen LogP contribution in [0.3, 0.4) is 0 Å². The van der Waals surface area contributed by atoms with E-state index in [1.54, 1.807) is 6.07 Å². The first-order chi connectivity index (χ1) is 14.6. The van der Waals surface area contributed by atoms with Gasteiger partial charge in [0.15, 0.2) is 0 Å². The summed E-state index contributed by atoms with van der Waals surface area (Å²) in [6.07, 6.45) is 6.71. The third-order valence-corrected chi connectivity index (χ3v) is 5.68. The van der Waals surface area contributed by atoms with Crippen LogP contribution in [-0.2, 0) is 0 Å². The zero-order chi connectivity index (χ0) is 20.9. The van der Waals surface area contributed by atoms with Crippen LogP contribution in [0.4, 0.5) is 15.8 Å². The molecular formula is C21H27FN6O2. The minimum Gasteiger partial charge on any atom is -0.369 e. The van der Waals surface area contributed by atoms with E-state index in [0.29, 0.717) is 5.69 Å². The molecule has 1 saturated carbocycles. The SMILES string of the molecule is O=C(Nc1cn[nH]c1C(=O)NC1CCCCC1)c1cc(F)cc(N2CCNCC2)c1. The Labute approximate surface area is 174 Å². The molecule has 2 aromatic rings. The fourth-order valence-corrected chi connectivity index (χ4v) is 4.06. The molecule has 2 heterocycles. The summed E-state index contributed by atoms with van der Waals surface area (Å²) in [4.78, 5) is 27.4. The van der Waals surface area contributed by atoms with E-state index in [-0.39, 0.29) is 28.9 Å². The van der Waals surface area contributed by atoms with Gasteiger partial charge >= 0.3 is 0 Å². The highest BCUT2D eigenvalue weighted by atomic mass is 19.1. The maximum absolute atomic E-state index is 14.2. The van der Waals surface area contributed by atoms with Crippen molar-refractivity contribution in [2.45, 2.75) is 38.1 Å². The van der Waals surface area contributed by atoms with Gasteiger partial charge in [0.1, 0.15) is 11.5 Å². The van der Waals surface area contributed by atoms with E-state index >= 15 is 0 Å². The lowest BCUT2D eigenvalue weighted by Crippen LogP contribution is -2.43. The summed E-state index contributed by atoms with van der Waals surface area (Å²) in [5, 5.41) is 15.5. The van der Waals surface area contributed by atoms with Crippen LogP contribution in [0.1, 0.15) is 53.0 Å². The molecular weight excluding hydrogens is 387 g/mol. The van der Waals surface area contributed by atoms with Crippen molar-refractivity contribution < 1.29 is 14.0 Å². The standard InChI is InChI=1S/C21H27FN6O2/c22-15-10-14(11-17(12-15)28-8-6-23-7-9-28)20(29)26-18-13-24-27-19(18)21(30)25-16-4-2-1-3-5-16/h10-13,16,23H,1-9H2,(H,24,27)(H,25,30)(H,26,29). The lowest BCUT2D eigenvalue weighted by Gasteiger charge is -2.29. The van der Waals surface area contributed by atoms with E-state index in [4.69, 9.17) is 0 Å². The molecule has 2 aliphatic rings. The molecule has 1 aliphatic carbocycles. The summed E-state index contributed by atoms with van der Waals surface area (Å²) >= 11 is 0. The van der Waals surface area contributed by atoms with Gasteiger partial charge in [0, 0.05) is 43.5 Å². The summed E-state index contributed by atoms with van der Waals surface area (Å²) < 4.78 is 14.2. The lowest BCUT2D eigenvalue weighted by atomic mass is 9.95. The fraction of sp³-hybridized carbons (Fsp3) is 0.476. The van der Waals surface area contributed by atoms with Crippen LogP contribution in [0.25, 0.3) is 0 Å². The van der Waals surface area contributed by atoms with Gasteiger partial charge in [-0.05, 0) is 31.0 Å². The van der Waals surface area contributed by atoms with Crippen LogP contribution in [0.15, 0.2) is 24.4 Å². The number of piperazine rings is 1. The van der Waals surface area contributed by atoms with Crippen molar-refractivity contribution in [1.29, 1.82) is 0 Å². The number of carbonyl (C=O) groups is 2. The molecule has 4 N–H and O–H groups in total. The van der Waals surface area contributed by atoms with Gasteiger partial charge in [0.25, 0.3) is 11.8 Å². The Morgan fingerprint density at radius 1 is 1.07 bits per heavy atom. The number of benzene rings is 1. The molecule has 9 heteroatoms. The zero-order valence-corrected chi connectivity index (χ0v) is 16.8. The maximum Gasteiger partial charge on any atom is 0.271 e. The number of halogens is 1. The quantitative estimate of drug-likeness (QED) is 0.601. The minimum absolute atomic E-state index is 0.142. The Morgan fingerprint density at radius 3 is 2.60 bits per heavy atom. The molecule has 2 fully saturated rings. The van der Waals surface area contributed by atoms with Crippen LogP contribution in [0.5, 0.6) is 0 Å². The van der Waals surface area contributed by atoms with Gasteiger partial charge in [0.05, 0.1) is 11.9 Å². The van der Waals surface area contributed by atoms with E-state index in [9.17, 15) is 14.0 Å². The highest BCUT2D eigenvalue weighted by Crippen LogP contribution is 2.22. The highest BCUT2D eigenvalue weighted by Gasteiger charge is 2.22. The minimum atomic E-state index is -0.487. The Bertz CT molecular complexity index is 903. The van der Waals surface area contributed by atoms with Crippen molar-refractivity contribution in [2.75, 3.05) is 36.4 Å². The van der Waals surface area contributed by atoms with Gasteiger partial charge in [-0.15, -0.1) is 0 Å². The zero-order valence-electron chi connectivity index (χ0n) is 16.8. The van der Waals surface area contributed by atoms with Gasteiger partial charge in [-0.2, -0.15) is 5.10 Å². The molecule has 1 saturated heterocycles. The van der Waals surface area contributed by atoms with E-state index in [1.165, 1.54) is 24.8 Å². The van der Waals surface area contributed by atoms with Gasteiger partial charge in [-0.3, -0.25) is 14.7 Å². The van der Waals surface area contributed by atoms with Crippen molar-refractivity contribution >= 4 is 23.2 Å². The molecule has 4 rings (SSSR count). The molecule has 1 aliphatic heterocycles. The molecule has 1 aromatic carbocycles. The molecule has 30 heavy (non-hydrogen) atoms. The summed E-state index contributed by atoms with van der Waals surface area (Å²) in [5.41, 5.74) is 1.35. The smallest absolute Gasteiger partial charge is 0.271 e. The van der Waals surface area contributed by atoms with Crippen molar-refractivity contribution in [2.24, 2.45) is 0 Å². The second-order valence-electron chi connectivity index (χ2n) is 7.86. The monoisotopic (exact) mass is 414 g/mol. The van der Waals surface area contributed by atoms with E-state index in [2.05, 4.69) is 26.1 Å². The normalized spacial score (nSPS) is 17.6. The molecule has 0 spiro atoms. The van der Waals surface area contributed by atoms with Crippen molar-refractivity contribution in [3.63, 3.8) is 0 Å². The van der Waals surface area contributed by atoms with Gasteiger partial charge in [-0.25, -0.2) is 4.39 Å². The summed E-state index contributed by atoms with van der Waals surface area (Å²) in [6.45, 7) is 3.12. The number of rotatable bonds is 5. The first kappa shape index (κ1) is 20.3. The summed E-state index contributed by atoms with van der Waals surface area (Å²) in [5.74, 6) is -1.26. The van der Waals surface area contributed by atoms with Crippen LogP contribution in [-0.4, -0.2) is 54.2 Å². The number of nitrogens with zero attached hydrogens (tertiary/aromatic N) is 2. The van der Waals surface area contributed by atoms with E-state index < -0.39 is 11.7 Å². The molecule has 0 bridgehead atoms. The Morgan fingerprint density at radius 2 is 1.83 bits per heavy atom. The van der Waals surface area contributed by atoms with Gasteiger partial charge in [0.2, 0.25) is 0 Å². The largest absolute Gasteiger partial charge is 0.369 e. The Hall–Kier alpha value is -2.94. The number of amides is 2. The molecule has 8 nitrogen and oxygen atoms in total. The molecule has 0 atom stereocenters. The van der Waals surface area contributed by atoms with E-state index in [0.717, 1.165) is 51.9 Å². The Balaban J connectivity index is 1.46. The summed E-state index contributed by atoms with van der Waals surface area (Å²) in [6, 6.07) is 4.44. The second kappa shape index (κ2) is 9.25. The number of hydrogen-bond donors (Lipinski definition) is 4. The first-order valence-corrected chi connectivity index (χ1v) is 10.5. The molecule has 1 aromatic heterocycles. The summed E-state index contributed by atoms with van der Waals surface area (Å²) in [7, 11) is 0. The molecule has 2 amide bonds. The molecule has 0 unspecified atom stereocenters. The van der Waals surface area contributed by atoms with Crippen LogP contribution in [0.2, 0.25) is 0 Å². The number of carbonyl (C=O) groups excluding carboxylic acids is 2. The van der Waals surface area contributed by atoms with E-state index in [1.807, 2.05) is 4.90 Å². The lowest BCUT2D eigenvalue weighted by molar-refractivity contribution is 0.0923. The fourth-order valence-electron chi connectivity index (χ4n) is 4.06. The number of H-pyrrole nitrogens is 1. The van der Waals surface area contributed by atoms with Crippen molar-refractivity contribution in [3.05, 3.63) is 41.5 Å². The number of nitrogens with one attached hydrogen (secondary N) is 4.